The van der Waals surface area contributed by atoms with Gasteiger partial charge in [-0.3, -0.25) is 14.4 Å². The van der Waals surface area contributed by atoms with Crippen molar-refractivity contribution in [1.29, 1.82) is 0 Å². The van der Waals surface area contributed by atoms with Crippen LogP contribution in [0.3, 0.4) is 0 Å². The van der Waals surface area contributed by atoms with Gasteiger partial charge in [-0.2, -0.15) is 0 Å². The molecule has 0 saturated carbocycles. The highest BCUT2D eigenvalue weighted by atomic mass is 16.6. The Hall–Kier alpha value is -2.63. The highest BCUT2D eigenvalue weighted by molar-refractivity contribution is 5.71. The Morgan fingerprint density at radius 1 is 0.368 bits per heavy atom. The van der Waals surface area contributed by atoms with Gasteiger partial charge in [0, 0.05) is 19.3 Å². The van der Waals surface area contributed by atoms with Crippen LogP contribution in [0.25, 0.3) is 0 Å². The summed E-state index contributed by atoms with van der Waals surface area (Å²) in [7, 11) is 0. The third kappa shape index (κ3) is 44.3. The maximum Gasteiger partial charge on any atom is 0.306 e. The average Bonchev–Trinajstić information content (AvgIpc) is 3.21. The topological polar surface area (TPSA) is 78.9 Å². The van der Waals surface area contributed by atoms with E-state index in [9.17, 15) is 14.4 Å². The van der Waals surface area contributed by atoms with Gasteiger partial charge in [0.25, 0.3) is 0 Å². The van der Waals surface area contributed by atoms with Crippen LogP contribution in [0.1, 0.15) is 239 Å². The minimum atomic E-state index is -0.792. The summed E-state index contributed by atoms with van der Waals surface area (Å²) in [6, 6.07) is 0. The Morgan fingerprint density at radius 3 is 1.18 bits per heavy atom. The molecule has 6 heteroatoms. The Kier molecular flexibility index (Phi) is 43.9. The molecular formula is C51H90O6. The maximum absolute atomic E-state index is 12.7. The van der Waals surface area contributed by atoms with E-state index in [1.54, 1.807) is 0 Å². The summed E-state index contributed by atoms with van der Waals surface area (Å²) in [5.41, 5.74) is 0. The number of allylic oxidation sites excluding steroid dienone is 8. The van der Waals surface area contributed by atoms with Crippen LogP contribution < -0.4 is 0 Å². The summed E-state index contributed by atoms with van der Waals surface area (Å²) >= 11 is 0. The molecule has 0 aliphatic rings. The number of unbranched alkanes of at least 4 members (excludes halogenated alkanes) is 24. The van der Waals surface area contributed by atoms with Crippen LogP contribution in [-0.4, -0.2) is 37.2 Å². The largest absolute Gasteiger partial charge is 0.462 e. The molecule has 0 aromatic carbocycles. The fraction of sp³-hybridized carbons (Fsp3) is 0.784. The molecule has 0 aliphatic heterocycles. The Morgan fingerprint density at radius 2 is 0.702 bits per heavy atom. The molecule has 0 spiro atoms. The van der Waals surface area contributed by atoms with Crippen LogP contribution in [0.4, 0.5) is 0 Å². The SMILES string of the molecule is CC/C=C\C/C=C\C/C=C\CCCCC(=O)OC(COC(=O)CCCCCC/C=C\CCCC)COC(=O)CCCCCCCCCCCCCCCCCCC. The Balaban J connectivity index is 4.35. The molecule has 0 aromatic heterocycles. The standard InChI is InChI=1S/C51H90O6/c1-4-7-10-13-16-19-22-24-25-26-27-28-30-32-35-38-41-44-50(53)56-47-48(46-55-49(52)43-40-37-34-31-21-18-15-12-9-6-3)57-51(54)45-42-39-36-33-29-23-20-17-14-11-8-5-2/h8,11,15,17-18,20,29,33,48H,4-7,9-10,12-14,16,19,21-28,30-32,34-47H2,1-3H3/b11-8-,18-15-,20-17-,33-29-. The van der Waals surface area contributed by atoms with E-state index in [-0.39, 0.29) is 37.5 Å². The summed E-state index contributed by atoms with van der Waals surface area (Å²) in [4.78, 5) is 37.7. The first-order valence-corrected chi connectivity index (χ1v) is 24.1. The van der Waals surface area contributed by atoms with E-state index in [4.69, 9.17) is 14.2 Å². The fourth-order valence-corrected chi connectivity index (χ4v) is 6.67. The number of hydrogen-bond donors (Lipinski definition) is 0. The smallest absolute Gasteiger partial charge is 0.306 e. The van der Waals surface area contributed by atoms with Gasteiger partial charge in [0.2, 0.25) is 0 Å². The lowest BCUT2D eigenvalue weighted by Gasteiger charge is -2.18. The van der Waals surface area contributed by atoms with Crippen LogP contribution in [0.2, 0.25) is 0 Å². The van der Waals surface area contributed by atoms with E-state index in [1.807, 2.05) is 0 Å². The van der Waals surface area contributed by atoms with Crippen molar-refractivity contribution in [3.63, 3.8) is 0 Å². The fourth-order valence-electron chi connectivity index (χ4n) is 6.67. The quantitative estimate of drug-likeness (QED) is 0.0265. The second kappa shape index (κ2) is 46.1. The van der Waals surface area contributed by atoms with Crippen molar-refractivity contribution < 1.29 is 28.6 Å². The maximum atomic E-state index is 12.7. The van der Waals surface area contributed by atoms with Crippen LogP contribution >= 0.6 is 0 Å². The summed E-state index contributed by atoms with van der Waals surface area (Å²) in [5, 5.41) is 0. The van der Waals surface area contributed by atoms with Crippen LogP contribution in [0, 0.1) is 0 Å². The van der Waals surface area contributed by atoms with Gasteiger partial charge in [0.15, 0.2) is 6.10 Å². The molecular weight excluding hydrogens is 709 g/mol. The number of rotatable bonds is 43. The zero-order valence-electron chi connectivity index (χ0n) is 37.6. The van der Waals surface area contributed by atoms with Gasteiger partial charge in [0.1, 0.15) is 13.2 Å². The molecule has 0 N–H and O–H groups in total. The number of esters is 3. The van der Waals surface area contributed by atoms with E-state index in [0.717, 1.165) is 89.9 Å². The first-order valence-electron chi connectivity index (χ1n) is 24.1. The van der Waals surface area contributed by atoms with Crippen molar-refractivity contribution in [3.05, 3.63) is 48.6 Å². The van der Waals surface area contributed by atoms with Crippen LogP contribution in [0.5, 0.6) is 0 Å². The van der Waals surface area contributed by atoms with Crippen LogP contribution in [0.15, 0.2) is 48.6 Å². The third-order valence-electron chi connectivity index (χ3n) is 10.3. The molecule has 0 fully saturated rings. The summed E-state index contributed by atoms with van der Waals surface area (Å²) in [6.07, 6.45) is 53.9. The highest BCUT2D eigenvalue weighted by Crippen LogP contribution is 2.15. The third-order valence-corrected chi connectivity index (χ3v) is 10.3. The van der Waals surface area contributed by atoms with E-state index >= 15 is 0 Å². The van der Waals surface area contributed by atoms with Gasteiger partial charge in [-0.05, 0) is 70.6 Å². The molecule has 0 heterocycles. The average molecular weight is 799 g/mol. The lowest BCUT2D eigenvalue weighted by atomic mass is 10.0. The molecule has 0 radical (unpaired) electrons. The predicted octanol–water partition coefficient (Wildman–Crippen LogP) is 15.5. The molecule has 1 unspecified atom stereocenters. The van der Waals surface area contributed by atoms with Crippen molar-refractivity contribution in [2.24, 2.45) is 0 Å². The molecule has 0 aromatic rings. The number of ether oxygens (including phenoxy) is 3. The molecule has 0 saturated heterocycles. The summed E-state index contributed by atoms with van der Waals surface area (Å²) < 4.78 is 16.7. The predicted molar refractivity (Wildman–Crippen MR) is 242 cm³/mol. The molecule has 0 aliphatic carbocycles. The molecule has 0 bridgehead atoms. The molecule has 330 valence electrons. The van der Waals surface area contributed by atoms with Gasteiger partial charge < -0.3 is 14.2 Å². The zero-order valence-corrected chi connectivity index (χ0v) is 37.6. The van der Waals surface area contributed by atoms with Crippen molar-refractivity contribution >= 4 is 17.9 Å². The first kappa shape index (κ1) is 54.4. The van der Waals surface area contributed by atoms with Gasteiger partial charge in [-0.15, -0.1) is 0 Å². The summed E-state index contributed by atoms with van der Waals surface area (Å²) in [6.45, 7) is 6.44. The monoisotopic (exact) mass is 799 g/mol. The van der Waals surface area contributed by atoms with Crippen molar-refractivity contribution in [2.45, 2.75) is 245 Å². The van der Waals surface area contributed by atoms with Crippen molar-refractivity contribution in [1.82, 2.24) is 0 Å². The lowest BCUT2D eigenvalue weighted by Crippen LogP contribution is -2.30. The molecule has 1 atom stereocenters. The molecule has 57 heavy (non-hydrogen) atoms. The molecule has 0 amide bonds. The van der Waals surface area contributed by atoms with Gasteiger partial charge in [-0.25, -0.2) is 0 Å². The van der Waals surface area contributed by atoms with Crippen LogP contribution in [-0.2, 0) is 28.6 Å². The highest BCUT2D eigenvalue weighted by Gasteiger charge is 2.19. The number of carbonyl (C=O) groups excluding carboxylic acids is 3. The lowest BCUT2D eigenvalue weighted by molar-refractivity contribution is -0.167. The Bertz CT molecular complexity index is 1010. The Labute approximate surface area is 352 Å². The van der Waals surface area contributed by atoms with Crippen molar-refractivity contribution in [2.75, 3.05) is 13.2 Å². The first-order chi connectivity index (χ1) is 28.0. The van der Waals surface area contributed by atoms with Crippen molar-refractivity contribution in [3.8, 4) is 0 Å². The summed E-state index contributed by atoms with van der Waals surface area (Å²) in [5.74, 6) is -0.942. The number of carbonyl (C=O) groups is 3. The van der Waals surface area contributed by atoms with Gasteiger partial charge in [0.05, 0.1) is 0 Å². The van der Waals surface area contributed by atoms with E-state index in [2.05, 4.69) is 69.4 Å². The van der Waals surface area contributed by atoms with Gasteiger partial charge in [-0.1, -0.05) is 198 Å². The number of hydrogen-bond acceptors (Lipinski definition) is 6. The van der Waals surface area contributed by atoms with E-state index in [0.29, 0.717) is 19.3 Å². The van der Waals surface area contributed by atoms with Gasteiger partial charge >= 0.3 is 17.9 Å². The minimum absolute atomic E-state index is 0.0902. The van der Waals surface area contributed by atoms with E-state index in [1.165, 1.54) is 103 Å². The molecule has 6 nitrogen and oxygen atoms in total. The normalized spacial score (nSPS) is 12.4. The zero-order chi connectivity index (χ0) is 41.5. The second-order valence-corrected chi connectivity index (χ2v) is 16.0. The second-order valence-electron chi connectivity index (χ2n) is 16.0. The molecule has 0 rings (SSSR count). The van der Waals surface area contributed by atoms with E-state index < -0.39 is 6.10 Å². The minimum Gasteiger partial charge on any atom is -0.462 e.